The molecule has 0 aliphatic carbocycles. The Kier molecular flexibility index (Phi) is 4.15. The van der Waals surface area contributed by atoms with Crippen LogP contribution < -0.4 is 5.73 Å². The maximum atomic E-state index is 6.19. The summed E-state index contributed by atoms with van der Waals surface area (Å²) in [4.78, 5) is 0. The van der Waals surface area contributed by atoms with Gasteiger partial charge in [-0.05, 0) is 30.5 Å². The van der Waals surface area contributed by atoms with Crippen molar-refractivity contribution in [3.05, 3.63) is 48.3 Å². The summed E-state index contributed by atoms with van der Waals surface area (Å²) in [7, 11) is 0. The molecule has 0 saturated carbocycles. The Hall–Kier alpha value is -1.61. The lowest BCUT2D eigenvalue weighted by Crippen LogP contribution is -2.14. The van der Waals surface area contributed by atoms with Crippen LogP contribution in [-0.2, 0) is 0 Å². The second-order valence-corrected chi connectivity index (χ2v) is 4.88. The fourth-order valence-corrected chi connectivity index (χ4v) is 1.98. The molecule has 0 saturated heterocycles. The first-order valence-corrected chi connectivity index (χ1v) is 6.57. The van der Waals surface area contributed by atoms with Gasteiger partial charge in [-0.2, -0.15) is 5.10 Å². The minimum atomic E-state index is 0.0323. The van der Waals surface area contributed by atoms with Crippen LogP contribution in [0.2, 0.25) is 0 Å². The van der Waals surface area contributed by atoms with Crippen LogP contribution in [0.15, 0.2) is 42.6 Å². The fraction of sp³-hybridized carbons (Fsp3) is 0.400. The topological polar surface area (TPSA) is 43.8 Å². The summed E-state index contributed by atoms with van der Waals surface area (Å²) in [6.45, 7) is 4.42. The Morgan fingerprint density at radius 3 is 2.61 bits per heavy atom. The van der Waals surface area contributed by atoms with Crippen molar-refractivity contribution in [2.24, 2.45) is 11.7 Å². The molecule has 1 heterocycles. The van der Waals surface area contributed by atoms with Crippen molar-refractivity contribution in [2.45, 2.75) is 32.7 Å². The van der Waals surface area contributed by atoms with Crippen LogP contribution in [0.1, 0.15) is 38.4 Å². The lowest BCUT2D eigenvalue weighted by atomic mass is 9.98. The molecule has 96 valence electrons. The highest BCUT2D eigenvalue weighted by atomic mass is 15.3. The zero-order valence-corrected chi connectivity index (χ0v) is 11.1. The van der Waals surface area contributed by atoms with Gasteiger partial charge in [0.25, 0.3) is 0 Å². The second-order valence-electron chi connectivity index (χ2n) is 4.88. The van der Waals surface area contributed by atoms with E-state index in [4.69, 9.17) is 5.73 Å². The van der Waals surface area contributed by atoms with Crippen LogP contribution >= 0.6 is 0 Å². The molecule has 2 aromatic rings. The largest absolute Gasteiger partial charge is 0.323 e. The normalized spacial score (nSPS) is 14.4. The van der Waals surface area contributed by atoms with E-state index in [1.54, 1.807) is 0 Å². The molecular weight excluding hydrogens is 222 g/mol. The van der Waals surface area contributed by atoms with Gasteiger partial charge < -0.3 is 5.73 Å². The molecule has 0 aliphatic rings. The highest BCUT2D eigenvalue weighted by Crippen LogP contribution is 2.20. The Labute approximate surface area is 109 Å². The van der Waals surface area contributed by atoms with E-state index in [1.807, 2.05) is 47.3 Å². The van der Waals surface area contributed by atoms with Gasteiger partial charge in [-0.15, -0.1) is 0 Å². The SMILES string of the molecule is CCC(C)CC(N)c1ccn(-c2ccccc2)n1. The van der Waals surface area contributed by atoms with E-state index in [0.29, 0.717) is 5.92 Å². The van der Waals surface area contributed by atoms with E-state index in [1.165, 1.54) is 0 Å². The molecular formula is C15H21N3. The monoisotopic (exact) mass is 243 g/mol. The van der Waals surface area contributed by atoms with Crippen molar-refractivity contribution in [1.82, 2.24) is 9.78 Å². The van der Waals surface area contributed by atoms with Gasteiger partial charge in [-0.3, -0.25) is 0 Å². The third-order valence-corrected chi connectivity index (χ3v) is 3.36. The highest BCUT2D eigenvalue weighted by molar-refractivity contribution is 5.30. The molecule has 0 bridgehead atoms. The number of nitrogens with zero attached hydrogens (tertiary/aromatic N) is 2. The van der Waals surface area contributed by atoms with E-state index in [2.05, 4.69) is 18.9 Å². The number of hydrogen-bond acceptors (Lipinski definition) is 2. The van der Waals surface area contributed by atoms with Crippen molar-refractivity contribution in [2.75, 3.05) is 0 Å². The standard InChI is InChI=1S/C15H21N3/c1-3-12(2)11-14(16)15-9-10-18(17-15)13-7-5-4-6-8-13/h4-10,12,14H,3,11,16H2,1-2H3. The van der Waals surface area contributed by atoms with E-state index in [0.717, 1.165) is 24.2 Å². The van der Waals surface area contributed by atoms with Gasteiger partial charge in [-0.25, -0.2) is 4.68 Å². The van der Waals surface area contributed by atoms with Crippen molar-refractivity contribution in [3.8, 4) is 5.69 Å². The van der Waals surface area contributed by atoms with Crippen molar-refractivity contribution in [1.29, 1.82) is 0 Å². The predicted octanol–water partition coefficient (Wildman–Crippen LogP) is 3.31. The van der Waals surface area contributed by atoms with Crippen LogP contribution in [0.3, 0.4) is 0 Å². The molecule has 0 fully saturated rings. The lowest BCUT2D eigenvalue weighted by molar-refractivity contribution is 0.454. The number of rotatable bonds is 5. The quantitative estimate of drug-likeness (QED) is 0.875. The molecule has 0 aliphatic heterocycles. The summed E-state index contributed by atoms with van der Waals surface area (Å²) in [5.41, 5.74) is 8.23. The number of para-hydroxylation sites is 1. The lowest BCUT2D eigenvalue weighted by Gasteiger charge is -2.13. The van der Waals surface area contributed by atoms with Gasteiger partial charge in [0.2, 0.25) is 0 Å². The maximum absolute atomic E-state index is 6.19. The Morgan fingerprint density at radius 1 is 1.22 bits per heavy atom. The summed E-state index contributed by atoms with van der Waals surface area (Å²) in [5.74, 6) is 0.641. The molecule has 3 heteroatoms. The molecule has 0 amide bonds. The summed E-state index contributed by atoms with van der Waals surface area (Å²) >= 11 is 0. The Balaban J connectivity index is 2.11. The molecule has 2 rings (SSSR count). The number of benzene rings is 1. The van der Waals surface area contributed by atoms with E-state index in [9.17, 15) is 0 Å². The maximum Gasteiger partial charge on any atom is 0.0796 e. The molecule has 2 unspecified atom stereocenters. The molecule has 1 aromatic carbocycles. The van der Waals surface area contributed by atoms with E-state index >= 15 is 0 Å². The van der Waals surface area contributed by atoms with Gasteiger partial charge in [0.1, 0.15) is 0 Å². The number of nitrogens with two attached hydrogens (primary N) is 1. The first kappa shape index (κ1) is 12.8. The third kappa shape index (κ3) is 2.99. The van der Waals surface area contributed by atoms with E-state index in [-0.39, 0.29) is 6.04 Å². The Morgan fingerprint density at radius 2 is 1.94 bits per heavy atom. The first-order valence-electron chi connectivity index (χ1n) is 6.57. The molecule has 3 nitrogen and oxygen atoms in total. The minimum Gasteiger partial charge on any atom is -0.323 e. The molecule has 0 radical (unpaired) electrons. The molecule has 2 atom stereocenters. The van der Waals surface area contributed by atoms with Gasteiger partial charge in [0.15, 0.2) is 0 Å². The zero-order chi connectivity index (χ0) is 13.0. The fourth-order valence-electron chi connectivity index (χ4n) is 1.98. The smallest absolute Gasteiger partial charge is 0.0796 e. The highest BCUT2D eigenvalue weighted by Gasteiger charge is 2.13. The van der Waals surface area contributed by atoms with Crippen molar-refractivity contribution >= 4 is 0 Å². The molecule has 18 heavy (non-hydrogen) atoms. The van der Waals surface area contributed by atoms with Crippen LogP contribution in [0.25, 0.3) is 5.69 Å². The van der Waals surface area contributed by atoms with Gasteiger partial charge >= 0.3 is 0 Å². The molecule has 1 aromatic heterocycles. The Bertz CT molecular complexity index is 475. The van der Waals surface area contributed by atoms with Crippen LogP contribution in [0.5, 0.6) is 0 Å². The van der Waals surface area contributed by atoms with Gasteiger partial charge in [-0.1, -0.05) is 38.5 Å². The van der Waals surface area contributed by atoms with Crippen molar-refractivity contribution < 1.29 is 0 Å². The summed E-state index contributed by atoms with van der Waals surface area (Å²) in [6, 6.07) is 12.1. The minimum absolute atomic E-state index is 0.0323. The number of aromatic nitrogens is 2. The van der Waals surface area contributed by atoms with Crippen LogP contribution in [-0.4, -0.2) is 9.78 Å². The van der Waals surface area contributed by atoms with E-state index < -0.39 is 0 Å². The third-order valence-electron chi connectivity index (χ3n) is 3.36. The van der Waals surface area contributed by atoms with Gasteiger partial charge in [0.05, 0.1) is 11.4 Å². The predicted molar refractivity (Wildman–Crippen MR) is 74.6 cm³/mol. The van der Waals surface area contributed by atoms with Gasteiger partial charge in [0, 0.05) is 12.2 Å². The average Bonchev–Trinajstić information content (AvgIpc) is 2.89. The average molecular weight is 243 g/mol. The van der Waals surface area contributed by atoms with Crippen molar-refractivity contribution in [3.63, 3.8) is 0 Å². The number of hydrogen-bond donors (Lipinski definition) is 1. The van der Waals surface area contributed by atoms with Crippen LogP contribution in [0, 0.1) is 5.92 Å². The zero-order valence-electron chi connectivity index (χ0n) is 11.1. The first-order chi connectivity index (χ1) is 8.70. The summed E-state index contributed by atoms with van der Waals surface area (Å²) in [5, 5.41) is 4.56. The summed E-state index contributed by atoms with van der Waals surface area (Å²) in [6.07, 6.45) is 4.12. The van der Waals surface area contributed by atoms with Crippen LogP contribution in [0.4, 0.5) is 0 Å². The summed E-state index contributed by atoms with van der Waals surface area (Å²) < 4.78 is 1.88. The molecule has 0 spiro atoms. The molecule has 2 N–H and O–H groups in total. The second kappa shape index (κ2) is 5.83.